The predicted molar refractivity (Wildman–Crippen MR) is 67.8 cm³/mol. The van der Waals surface area contributed by atoms with Crippen molar-refractivity contribution < 1.29 is 5.11 Å². The van der Waals surface area contributed by atoms with Crippen LogP contribution in [0.2, 0.25) is 0 Å². The van der Waals surface area contributed by atoms with E-state index in [1.165, 1.54) is 5.56 Å². The van der Waals surface area contributed by atoms with Crippen molar-refractivity contribution in [2.24, 2.45) is 0 Å². The number of aliphatic hydroxyl groups is 1. The quantitative estimate of drug-likeness (QED) is 0.712. The highest BCUT2D eigenvalue weighted by Crippen LogP contribution is 2.12. The fraction of sp³-hybridized carbons (Fsp3) is 0.308. The van der Waals surface area contributed by atoms with Crippen LogP contribution in [0.1, 0.15) is 17.7 Å². The number of benzene rings is 1. The van der Waals surface area contributed by atoms with Crippen molar-refractivity contribution in [3.63, 3.8) is 0 Å². The highest BCUT2D eigenvalue weighted by Gasteiger charge is 1.97. The molecule has 1 heterocycles. The third-order valence-corrected chi connectivity index (χ3v) is 2.59. The average Bonchev–Trinajstić information content (AvgIpc) is 2.87. The van der Waals surface area contributed by atoms with Crippen LogP contribution in [-0.2, 0) is 13.0 Å². The van der Waals surface area contributed by atoms with Gasteiger partial charge >= 0.3 is 0 Å². The standard InChI is InChI=1S/C13H17N3O/c17-6-2-4-11-3-1-5-12(7-11)15-9-13-8-14-10-16-13/h1,3,5,7-8,10,15,17H,2,4,6,9H2,(H,14,16). The number of aryl methyl sites for hydroxylation is 1. The number of rotatable bonds is 6. The van der Waals surface area contributed by atoms with E-state index in [0.29, 0.717) is 0 Å². The largest absolute Gasteiger partial charge is 0.396 e. The third kappa shape index (κ3) is 3.60. The van der Waals surface area contributed by atoms with Crippen LogP contribution in [-0.4, -0.2) is 21.7 Å². The number of nitrogens with one attached hydrogen (secondary N) is 2. The van der Waals surface area contributed by atoms with E-state index in [1.54, 1.807) is 6.33 Å². The molecule has 0 aliphatic heterocycles. The molecule has 17 heavy (non-hydrogen) atoms. The summed E-state index contributed by atoms with van der Waals surface area (Å²) in [5, 5.41) is 12.1. The molecule has 1 aromatic heterocycles. The van der Waals surface area contributed by atoms with E-state index < -0.39 is 0 Å². The van der Waals surface area contributed by atoms with Crippen molar-refractivity contribution in [3.8, 4) is 0 Å². The number of aliphatic hydroxyl groups excluding tert-OH is 1. The smallest absolute Gasteiger partial charge is 0.0922 e. The number of hydrogen-bond acceptors (Lipinski definition) is 3. The summed E-state index contributed by atoms with van der Waals surface area (Å²) >= 11 is 0. The van der Waals surface area contributed by atoms with Crippen molar-refractivity contribution >= 4 is 5.69 Å². The molecule has 0 aliphatic rings. The number of aromatic nitrogens is 2. The van der Waals surface area contributed by atoms with Gasteiger partial charge in [-0.3, -0.25) is 0 Å². The van der Waals surface area contributed by atoms with E-state index in [2.05, 4.69) is 27.4 Å². The van der Waals surface area contributed by atoms with Gasteiger partial charge in [0.25, 0.3) is 0 Å². The lowest BCUT2D eigenvalue weighted by Gasteiger charge is -2.07. The lowest BCUT2D eigenvalue weighted by molar-refractivity contribution is 0.288. The highest BCUT2D eigenvalue weighted by atomic mass is 16.2. The molecule has 4 heteroatoms. The normalized spacial score (nSPS) is 10.4. The first kappa shape index (κ1) is 11.7. The fourth-order valence-electron chi connectivity index (χ4n) is 1.70. The number of imidazole rings is 1. The van der Waals surface area contributed by atoms with Crippen LogP contribution in [0.4, 0.5) is 5.69 Å². The van der Waals surface area contributed by atoms with Crippen LogP contribution in [0.3, 0.4) is 0 Å². The second-order valence-electron chi connectivity index (χ2n) is 3.96. The second kappa shape index (κ2) is 6.06. The number of hydrogen-bond donors (Lipinski definition) is 3. The predicted octanol–water partition coefficient (Wildman–Crippen LogP) is 1.95. The summed E-state index contributed by atoms with van der Waals surface area (Å²) < 4.78 is 0. The lowest BCUT2D eigenvalue weighted by atomic mass is 10.1. The third-order valence-electron chi connectivity index (χ3n) is 2.59. The van der Waals surface area contributed by atoms with Crippen LogP contribution in [0.5, 0.6) is 0 Å². The summed E-state index contributed by atoms with van der Waals surface area (Å²) in [5.41, 5.74) is 3.40. The Hall–Kier alpha value is -1.81. The second-order valence-corrected chi connectivity index (χ2v) is 3.96. The van der Waals surface area contributed by atoms with Crippen LogP contribution in [0.15, 0.2) is 36.8 Å². The summed E-state index contributed by atoms with van der Waals surface area (Å²) in [4.78, 5) is 7.02. The Morgan fingerprint density at radius 2 is 2.29 bits per heavy atom. The maximum Gasteiger partial charge on any atom is 0.0922 e. The number of H-pyrrole nitrogens is 1. The van der Waals surface area contributed by atoms with E-state index >= 15 is 0 Å². The number of aromatic amines is 1. The fourth-order valence-corrected chi connectivity index (χ4v) is 1.70. The molecular formula is C13H17N3O. The van der Waals surface area contributed by atoms with Crippen molar-refractivity contribution in [2.45, 2.75) is 19.4 Å². The minimum absolute atomic E-state index is 0.242. The van der Waals surface area contributed by atoms with Gasteiger partial charge in [-0.25, -0.2) is 4.98 Å². The molecule has 0 radical (unpaired) electrons. The SMILES string of the molecule is OCCCc1cccc(NCc2cnc[nH]2)c1. The molecule has 2 rings (SSSR count). The molecule has 0 fully saturated rings. The van der Waals surface area contributed by atoms with Gasteiger partial charge in [0, 0.05) is 18.5 Å². The Morgan fingerprint density at radius 1 is 1.35 bits per heavy atom. The van der Waals surface area contributed by atoms with Crippen LogP contribution >= 0.6 is 0 Å². The lowest BCUT2D eigenvalue weighted by Crippen LogP contribution is -2.00. The summed E-state index contributed by atoms with van der Waals surface area (Å²) in [6, 6.07) is 8.27. The van der Waals surface area contributed by atoms with E-state index in [0.717, 1.165) is 30.8 Å². The Balaban J connectivity index is 1.91. The average molecular weight is 231 g/mol. The summed E-state index contributed by atoms with van der Waals surface area (Å²) in [5.74, 6) is 0. The van der Waals surface area contributed by atoms with Gasteiger partial charge in [-0.15, -0.1) is 0 Å². The van der Waals surface area contributed by atoms with Gasteiger partial charge in [-0.05, 0) is 30.5 Å². The minimum atomic E-state index is 0.242. The Labute approximate surface area is 101 Å². The van der Waals surface area contributed by atoms with Crippen LogP contribution < -0.4 is 5.32 Å². The zero-order valence-corrected chi connectivity index (χ0v) is 9.69. The van der Waals surface area contributed by atoms with Gasteiger partial charge in [0.2, 0.25) is 0 Å². The van der Waals surface area contributed by atoms with E-state index in [4.69, 9.17) is 5.11 Å². The molecule has 90 valence electrons. The first-order valence-electron chi connectivity index (χ1n) is 5.79. The first-order valence-corrected chi connectivity index (χ1v) is 5.79. The van der Waals surface area contributed by atoms with E-state index in [9.17, 15) is 0 Å². The maximum atomic E-state index is 8.80. The van der Waals surface area contributed by atoms with Gasteiger partial charge in [-0.1, -0.05) is 12.1 Å². The van der Waals surface area contributed by atoms with Gasteiger partial charge in [0.05, 0.1) is 18.6 Å². The van der Waals surface area contributed by atoms with Crippen molar-refractivity contribution in [1.82, 2.24) is 9.97 Å². The number of anilines is 1. The monoisotopic (exact) mass is 231 g/mol. The molecule has 0 amide bonds. The van der Waals surface area contributed by atoms with Gasteiger partial charge in [0.15, 0.2) is 0 Å². The minimum Gasteiger partial charge on any atom is -0.396 e. The summed E-state index contributed by atoms with van der Waals surface area (Å²) in [6.07, 6.45) is 5.21. The van der Waals surface area contributed by atoms with Gasteiger partial charge < -0.3 is 15.4 Å². The van der Waals surface area contributed by atoms with E-state index in [1.807, 2.05) is 18.3 Å². The Bertz CT molecular complexity index is 440. The molecule has 0 spiro atoms. The van der Waals surface area contributed by atoms with Crippen molar-refractivity contribution in [3.05, 3.63) is 48.0 Å². The molecule has 0 saturated carbocycles. The summed E-state index contributed by atoms with van der Waals surface area (Å²) in [6.45, 7) is 0.981. The molecule has 0 unspecified atom stereocenters. The van der Waals surface area contributed by atoms with Gasteiger partial charge in [0.1, 0.15) is 0 Å². The van der Waals surface area contributed by atoms with Crippen molar-refractivity contribution in [1.29, 1.82) is 0 Å². The zero-order valence-electron chi connectivity index (χ0n) is 9.69. The Morgan fingerprint density at radius 3 is 3.06 bits per heavy atom. The molecule has 0 bridgehead atoms. The zero-order chi connectivity index (χ0) is 11.9. The van der Waals surface area contributed by atoms with Crippen molar-refractivity contribution in [2.75, 3.05) is 11.9 Å². The molecule has 4 nitrogen and oxygen atoms in total. The molecule has 3 N–H and O–H groups in total. The first-order chi connectivity index (χ1) is 8.38. The highest BCUT2D eigenvalue weighted by molar-refractivity contribution is 5.45. The molecular weight excluding hydrogens is 214 g/mol. The maximum absolute atomic E-state index is 8.80. The molecule has 0 aliphatic carbocycles. The molecule has 2 aromatic rings. The molecule has 0 atom stereocenters. The number of nitrogens with zero attached hydrogens (tertiary/aromatic N) is 1. The van der Waals surface area contributed by atoms with Crippen LogP contribution in [0, 0.1) is 0 Å². The van der Waals surface area contributed by atoms with Gasteiger partial charge in [-0.2, -0.15) is 0 Å². The topological polar surface area (TPSA) is 60.9 Å². The molecule has 1 aromatic carbocycles. The summed E-state index contributed by atoms with van der Waals surface area (Å²) in [7, 11) is 0. The molecule has 0 saturated heterocycles. The van der Waals surface area contributed by atoms with Crippen LogP contribution in [0.25, 0.3) is 0 Å². The Kier molecular flexibility index (Phi) is 4.16. The van der Waals surface area contributed by atoms with E-state index in [-0.39, 0.29) is 6.61 Å².